The summed E-state index contributed by atoms with van der Waals surface area (Å²) in [6, 6.07) is 14.0. The van der Waals surface area contributed by atoms with Crippen molar-refractivity contribution in [1.29, 1.82) is 0 Å². The summed E-state index contributed by atoms with van der Waals surface area (Å²) in [6.45, 7) is 3.94. The van der Waals surface area contributed by atoms with Gasteiger partial charge in [-0.2, -0.15) is 0 Å². The van der Waals surface area contributed by atoms with Gasteiger partial charge in [0.1, 0.15) is 0 Å². The van der Waals surface area contributed by atoms with Crippen molar-refractivity contribution in [2.75, 3.05) is 0 Å². The molecule has 1 unspecified atom stereocenters. The van der Waals surface area contributed by atoms with Crippen LogP contribution in [0.15, 0.2) is 77.7 Å². The summed E-state index contributed by atoms with van der Waals surface area (Å²) >= 11 is 1.49. The zero-order valence-electron chi connectivity index (χ0n) is 12.9. The molecular formula is C20H20OS. The summed E-state index contributed by atoms with van der Waals surface area (Å²) < 4.78 is 0. The number of carbonyl (C=O) groups is 1. The molecule has 2 aromatic rings. The zero-order valence-corrected chi connectivity index (χ0v) is 13.7. The molecule has 0 spiro atoms. The van der Waals surface area contributed by atoms with E-state index in [1.807, 2.05) is 67.8 Å². The lowest BCUT2D eigenvalue weighted by atomic mass is 10.0. The van der Waals surface area contributed by atoms with Gasteiger partial charge < -0.3 is 0 Å². The molecule has 0 aliphatic heterocycles. The normalized spacial score (nSPS) is 13.8. The summed E-state index contributed by atoms with van der Waals surface area (Å²) in [7, 11) is 0. The number of hydrogen-bond donors (Lipinski definition) is 0. The zero-order chi connectivity index (χ0) is 15.8. The number of rotatable bonds is 6. The Hall–Kier alpha value is -2.19. The van der Waals surface area contributed by atoms with Crippen LogP contribution < -0.4 is 0 Å². The van der Waals surface area contributed by atoms with Crippen LogP contribution in [0.1, 0.15) is 29.1 Å². The Balaban J connectivity index is 2.01. The predicted molar refractivity (Wildman–Crippen MR) is 96.2 cm³/mol. The second kappa shape index (κ2) is 8.30. The minimum Gasteiger partial charge on any atom is -0.293 e. The van der Waals surface area contributed by atoms with Gasteiger partial charge in [0, 0.05) is 5.92 Å². The van der Waals surface area contributed by atoms with Gasteiger partial charge in [0.05, 0.1) is 4.88 Å². The van der Waals surface area contributed by atoms with Crippen LogP contribution in [0.25, 0.3) is 6.08 Å². The van der Waals surface area contributed by atoms with Crippen LogP contribution >= 0.6 is 11.3 Å². The minimum atomic E-state index is -0.112. The standard InChI is InChI=1S/C20H20OS/c1-3-17(13-14-18-8-5-4-6-9-18)12-11-16(2)20(21)19-10-7-15-22-19/h3-16H,1-2H3. The Morgan fingerprint density at radius 3 is 2.50 bits per heavy atom. The van der Waals surface area contributed by atoms with Crippen molar-refractivity contribution in [2.24, 2.45) is 5.92 Å². The molecule has 0 saturated heterocycles. The predicted octanol–water partition coefficient (Wildman–Crippen LogP) is 5.78. The summed E-state index contributed by atoms with van der Waals surface area (Å²) in [4.78, 5) is 13.0. The first kappa shape index (κ1) is 16.2. The van der Waals surface area contributed by atoms with Crippen molar-refractivity contribution >= 4 is 23.2 Å². The fraction of sp³-hybridized carbons (Fsp3) is 0.150. The third-order valence-electron chi connectivity index (χ3n) is 3.36. The van der Waals surface area contributed by atoms with Gasteiger partial charge in [-0.1, -0.05) is 73.7 Å². The van der Waals surface area contributed by atoms with E-state index in [2.05, 4.69) is 24.3 Å². The Kier molecular flexibility index (Phi) is 6.11. The number of Topliss-reactive ketones (excluding diaryl/α,β-unsaturated/α-hetero) is 1. The molecule has 1 aromatic heterocycles. The molecule has 22 heavy (non-hydrogen) atoms. The largest absolute Gasteiger partial charge is 0.293 e. The van der Waals surface area contributed by atoms with Crippen LogP contribution in [0.2, 0.25) is 0 Å². The minimum absolute atomic E-state index is 0.112. The van der Waals surface area contributed by atoms with Gasteiger partial charge in [0.15, 0.2) is 5.78 Å². The molecule has 1 nitrogen and oxygen atoms in total. The Morgan fingerprint density at radius 1 is 1.09 bits per heavy atom. The summed E-state index contributed by atoms with van der Waals surface area (Å²) in [5.41, 5.74) is 2.26. The molecule has 2 heteroatoms. The van der Waals surface area contributed by atoms with Gasteiger partial charge in [-0.3, -0.25) is 4.79 Å². The maximum absolute atomic E-state index is 12.2. The molecule has 0 amide bonds. The second-order valence-electron chi connectivity index (χ2n) is 5.02. The highest BCUT2D eigenvalue weighted by molar-refractivity contribution is 7.12. The first-order valence-corrected chi connectivity index (χ1v) is 8.24. The fourth-order valence-corrected chi connectivity index (χ4v) is 2.75. The number of ketones is 1. The van der Waals surface area contributed by atoms with Crippen molar-refractivity contribution in [2.45, 2.75) is 13.8 Å². The molecule has 0 radical (unpaired) electrons. The van der Waals surface area contributed by atoms with E-state index < -0.39 is 0 Å². The first-order chi connectivity index (χ1) is 10.7. The van der Waals surface area contributed by atoms with Crippen LogP contribution in [0.4, 0.5) is 0 Å². The van der Waals surface area contributed by atoms with Gasteiger partial charge >= 0.3 is 0 Å². The van der Waals surface area contributed by atoms with Gasteiger partial charge in [-0.15, -0.1) is 11.3 Å². The third kappa shape index (κ3) is 4.68. The Morgan fingerprint density at radius 2 is 1.86 bits per heavy atom. The van der Waals surface area contributed by atoms with E-state index in [4.69, 9.17) is 0 Å². The summed E-state index contributed by atoms with van der Waals surface area (Å²) in [6.07, 6.45) is 10.2. The van der Waals surface area contributed by atoms with Crippen molar-refractivity contribution in [3.05, 3.63) is 88.2 Å². The van der Waals surface area contributed by atoms with Crippen LogP contribution in [0.3, 0.4) is 0 Å². The van der Waals surface area contributed by atoms with Gasteiger partial charge in [-0.05, 0) is 29.5 Å². The quantitative estimate of drug-likeness (QED) is 0.488. The number of allylic oxidation sites excluding steroid dienone is 5. The lowest BCUT2D eigenvalue weighted by Crippen LogP contribution is -2.06. The van der Waals surface area contributed by atoms with Crippen molar-refractivity contribution in [1.82, 2.24) is 0 Å². The number of hydrogen-bond acceptors (Lipinski definition) is 2. The fourth-order valence-electron chi connectivity index (χ4n) is 1.99. The highest BCUT2D eigenvalue weighted by atomic mass is 32.1. The van der Waals surface area contributed by atoms with Gasteiger partial charge in [0.25, 0.3) is 0 Å². The highest BCUT2D eigenvalue weighted by Crippen LogP contribution is 2.16. The smallest absolute Gasteiger partial charge is 0.179 e. The molecule has 1 heterocycles. The van der Waals surface area contributed by atoms with Gasteiger partial charge in [0.2, 0.25) is 0 Å². The van der Waals surface area contributed by atoms with Gasteiger partial charge in [-0.25, -0.2) is 0 Å². The van der Waals surface area contributed by atoms with Crippen molar-refractivity contribution in [3.8, 4) is 0 Å². The molecule has 1 aromatic carbocycles. The molecule has 0 aliphatic carbocycles. The number of benzene rings is 1. The van der Waals surface area contributed by atoms with E-state index in [0.717, 1.165) is 16.0 Å². The molecular weight excluding hydrogens is 288 g/mol. The molecule has 0 bridgehead atoms. The topological polar surface area (TPSA) is 17.1 Å². The number of carbonyl (C=O) groups excluding carboxylic acids is 1. The highest BCUT2D eigenvalue weighted by Gasteiger charge is 2.12. The summed E-state index contributed by atoms with van der Waals surface area (Å²) in [5.74, 6) is 0.0625. The van der Waals surface area contributed by atoms with Crippen LogP contribution in [0, 0.1) is 5.92 Å². The number of thiophene rings is 1. The molecule has 0 N–H and O–H groups in total. The Labute approximate surface area is 136 Å². The average Bonchev–Trinajstić information content (AvgIpc) is 3.09. The van der Waals surface area contributed by atoms with E-state index in [1.54, 1.807) is 0 Å². The van der Waals surface area contributed by atoms with E-state index >= 15 is 0 Å². The third-order valence-corrected chi connectivity index (χ3v) is 4.24. The Bertz CT molecular complexity index is 676. The molecule has 112 valence electrons. The molecule has 0 saturated carbocycles. The average molecular weight is 308 g/mol. The van der Waals surface area contributed by atoms with Crippen molar-refractivity contribution < 1.29 is 4.79 Å². The molecule has 1 atom stereocenters. The first-order valence-electron chi connectivity index (χ1n) is 7.36. The molecule has 0 fully saturated rings. The molecule has 0 aliphatic rings. The van der Waals surface area contributed by atoms with Crippen LogP contribution in [0.5, 0.6) is 0 Å². The lowest BCUT2D eigenvalue weighted by Gasteiger charge is -2.03. The molecule has 2 rings (SSSR count). The second-order valence-corrected chi connectivity index (χ2v) is 5.97. The SMILES string of the molecule is CC=C(C=Cc1ccccc1)C=CC(C)C(=O)c1cccs1. The lowest BCUT2D eigenvalue weighted by molar-refractivity contribution is 0.0957. The summed E-state index contributed by atoms with van der Waals surface area (Å²) in [5, 5.41) is 1.93. The maximum atomic E-state index is 12.2. The van der Waals surface area contributed by atoms with Crippen molar-refractivity contribution in [3.63, 3.8) is 0 Å². The maximum Gasteiger partial charge on any atom is 0.179 e. The van der Waals surface area contributed by atoms with E-state index in [-0.39, 0.29) is 11.7 Å². The van der Waals surface area contributed by atoms with Crippen LogP contribution in [-0.4, -0.2) is 5.78 Å². The monoisotopic (exact) mass is 308 g/mol. The van der Waals surface area contributed by atoms with E-state index in [9.17, 15) is 4.79 Å². The van der Waals surface area contributed by atoms with Crippen LogP contribution in [-0.2, 0) is 0 Å². The van der Waals surface area contributed by atoms with E-state index in [0.29, 0.717) is 0 Å². The van der Waals surface area contributed by atoms with E-state index in [1.165, 1.54) is 11.3 Å².